The largest absolute Gasteiger partial charge is 0.490 e. The van der Waals surface area contributed by atoms with Crippen LogP contribution in [0.3, 0.4) is 0 Å². The van der Waals surface area contributed by atoms with E-state index < -0.39 is 12.1 Å². The Kier molecular flexibility index (Phi) is 8.23. The Hall–Kier alpha value is -1.95. The predicted molar refractivity (Wildman–Crippen MR) is 104 cm³/mol. The number of amides is 1. The van der Waals surface area contributed by atoms with E-state index in [4.69, 9.17) is 25.8 Å². The molecule has 7 heteroatoms. The number of hydrogen-bond donors (Lipinski definition) is 1. The van der Waals surface area contributed by atoms with Crippen molar-refractivity contribution in [1.82, 2.24) is 5.32 Å². The van der Waals surface area contributed by atoms with Crippen LogP contribution in [0.1, 0.15) is 63.2 Å². The summed E-state index contributed by atoms with van der Waals surface area (Å²) in [5.74, 6) is -0.124. The Bertz CT molecular complexity index is 658. The third-order valence-electron chi connectivity index (χ3n) is 4.35. The maximum atomic E-state index is 12.5. The van der Waals surface area contributed by atoms with Crippen LogP contribution in [-0.2, 0) is 9.53 Å². The van der Waals surface area contributed by atoms with Crippen molar-refractivity contribution in [1.29, 1.82) is 0 Å². The van der Waals surface area contributed by atoms with Crippen molar-refractivity contribution < 1.29 is 23.8 Å². The highest BCUT2D eigenvalue weighted by Crippen LogP contribution is 2.37. The summed E-state index contributed by atoms with van der Waals surface area (Å²) in [4.78, 5) is 24.7. The first-order chi connectivity index (χ1) is 13.0. The minimum absolute atomic E-state index is 0.174. The zero-order valence-electron chi connectivity index (χ0n) is 16.2. The van der Waals surface area contributed by atoms with E-state index in [0.29, 0.717) is 24.7 Å². The fraction of sp³-hybridized carbons (Fsp3) is 0.600. The third-order valence-corrected chi connectivity index (χ3v) is 4.63. The molecule has 0 bridgehead atoms. The molecular weight excluding hydrogens is 370 g/mol. The lowest BCUT2D eigenvalue weighted by Gasteiger charge is -2.18. The Morgan fingerprint density at radius 2 is 1.93 bits per heavy atom. The summed E-state index contributed by atoms with van der Waals surface area (Å²) < 4.78 is 16.5. The summed E-state index contributed by atoms with van der Waals surface area (Å²) in [6, 6.07) is 3.18. The van der Waals surface area contributed by atoms with E-state index in [1.807, 2.05) is 13.8 Å². The molecule has 6 nitrogen and oxygen atoms in total. The van der Waals surface area contributed by atoms with Crippen LogP contribution < -0.4 is 14.8 Å². The van der Waals surface area contributed by atoms with E-state index in [2.05, 4.69) is 5.32 Å². The van der Waals surface area contributed by atoms with E-state index in [0.717, 1.165) is 32.1 Å². The van der Waals surface area contributed by atoms with Gasteiger partial charge in [0.2, 0.25) is 0 Å². The molecule has 1 aliphatic rings. The fourth-order valence-corrected chi connectivity index (χ4v) is 3.23. The monoisotopic (exact) mass is 397 g/mol. The lowest BCUT2D eigenvalue weighted by Crippen LogP contribution is -2.40. The van der Waals surface area contributed by atoms with Crippen molar-refractivity contribution in [2.75, 3.05) is 13.2 Å². The first kappa shape index (κ1) is 21.4. The van der Waals surface area contributed by atoms with E-state index in [1.54, 1.807) is 6.92 Å². The molecular formula is C20H28ClNO5. The molecule has 1 saturated carbocycles. The lowest BCUT2D eigenvalue weighted by molar-refractivity contribution is -0.129. The number of ether oxygens (including phenoxy) is 3. The third kappa shape index (κ3) is 6.03. The first-order valence-corrected chi connectivity index (χ1v) is 9.94. The highest BCUT2D eigenvalue weighted by atomic mass is 35.5. The van der Waals surface area contributed by atoms with Gasteiger partial charge in [0.25, 0.3) is 5.91 Å². The van der Waals surface area contributed by atoms with Crippen molar-refractivity contribution in [2.24, 2.45) is 0 Å². The van der Waals surface area contributed by atoms with Crippen molar-refractivity contribution in [3.63, 3.8) is 0 Å². The van der Waals surface area contributed by atoms with E-state index in [9.17, 15) is 9.59 Å². The predicted octanol–water partition coefficient (Wildman–Crippen LogP) is 4.13. The fourth-order valence-electron chi connectivity index (χ4n) is 2.96. The Labute approximate surface area is 165 Å². The maximum absolute atomic E-state index is 12.5. The molecule has 0 saturated heterocycles. The van der Waals surface area contributed by atoms with Gasteiger partial charge in [0.05, 0.1) is 23.8 Å². The van der Waals surface area contributed by atoms with Crippen molar-refractivity contribution in [2.45, 2.75) is 65.0 Å². The van der Waals surface area contributed by atoms with Gasteiger partial charge in [0.15, 0.2) is 17.6 Å². The van der Waals surface area contributed by atoms with Gasteiger partial charge in [-0.05, 0) is 45.2 Å². The molecule has 1 N–H and O–H groups in total. The SMILES string of the molecule is CCCOc1c(Cl)cc(C(=O)OC(C)C(=O)NC2CCCC2)cc1OCC. The molecule has 2 rings (SSSR count). The van der Waals surface area contributed by atoms with Crippen LogP contribution in [0.5, 0.6) is 11.5 Å². The number of carbonyl (C=O) groups excluding carboxylic acids is 2. The van der Waals surface area contributed by atoms with Crippen LogP contribution in [0.2, 0.25) is 5.02 Å². The standard InChI is InChI=1S/C20H28ClNO5/c1-4-10-26-18-16(21)11-14(12-17(18)25-5-2)20(24)27-13(3)19(23)22-15-8-6-7-9-15/h11-13,15H,4-10H2,1-3H3,(H,22,23). The van der Waals surface area contributed by atoms with E-state index >= 15 is 0 Å². The van der Waals surface area contributed by atoms with Crippen LogP contribution in [0.15, 0.2) is 12.1 Å². The molecule has 1 aliphatic carbocycles. The molecule has 1 aromatic rings. The molecule has 0 aromatic heterocycles. The summed E-state index contributed by atoms with van der Waals surface area (Å²) in [5.41, 5.74) is 0.216. The molecule has 150 valence electrons. The maximum Gasteiger partial charge on any atom is 0.339 e. The quantitative estimate of drug-likeness (QED) is 0.634. The number of halogens is 1. The number of rotatable bonds is 9. The molecule has 0 spiro atoms. The van der Waals surface area contributed by atoms with Crippen molar-refractivity contribution >= 4 is 23.5 Å². The molecule has 0 heterocycles. The molecule has 27 heavy (non-hydrogen) atoms. The van der Waals surface area contributed by atoms with Gasteiger partial charge in [0.1, 0.15) is 0 Å². The van der Waals surface area contributed by atoms with E-state index in [1.165, 1.54) is 12.1 Å². The molecule has 0 aliphatic heterocycles. The molecule has 1 aromatic carbocycles. The van der Waals surface area contributed by atoms with Crippen LogP contribution >= 0.6 is 11.6 Å². The molecule has 1 unspecified atom stereocenters. The number of hydrogen-bond acceptors (Lipinski definition) is 5. The Morgan fingerprint density at radius 1 is 1.22 bits per heavy atom. The minimum atomic E-state index is -0.886. The number of carbonyl (C=O) groups is 2. The summed E-state index contributed by atoms with van der Waals surface area (Å²) in [6.45, 7) is 6.27. The first-order valence-electron chi connectivity index (χ1n) is 9.56. The smallest absolute Gasteiger partial charge is 0.339 e. The van der Waals surface area contributed by atoms with Crippen LogP contribution in [0.4, 0.5) is 0 Å². The second-order valence-corrected chi connectivity index (χ2v) is 7.01. The molecule has 1 atom stereocenters. The van der Waals surface area contributed by atoms with Gasteiger partial charge >= 0.3 is 5.97 Å². The number of nitrogens with one attached hydrogen (secondary N) is 1. The normalized spacial score (nSPS) is 15.3. The van der Waals surface area contributed by atoms with Crippen molar-refractivity contribution in [3.8, 4) is 11.5 Å². The zero-order chi connectivity index (χ0) is 19.8. The molecule has 0 radical (unpaired) electrons. The van der Waals surface area contributed by atoms with Gasteiger partial charge in [-0.3, -0.25) is 4.79 Å². The van der Waals surface area contributed by atoms with Crippen molar-refractivity contribution in [3.05, 3.63) is 22.7 Å². The van der Waals surface area contributed by atoms with Crippen LogP contribution in [0, 0.1) is 0 Å². The van der Waals surface area contributed by atoms with Crippen LogP contribution in [-0.4, -0.2) is 37.2 Å². The Morgan fingerprint density at radius 3 is 2.56 bits per heavy atom. The minimum Gasteiger partial charge on any atom is -0.490 e. The number of benzene rings is 1. The number of esters is 1. The second kappa shape index (κ2) is 10.4. The molecule has 1 amide bonds. The summed E-state index contributed by atoms with van der Waals surface area (Å²) in [6.07, 6.45) is 4.11. The topological polar surface area (TPSA) is 73.9 Å². The van der Waals surface area contributed by atoms with Gasteiger partial charge < -0.3 is 19.5 Å². The second-order valence-electron chi connectivity index (χ2n) is 6.60. The highest BCUT2D eigenvalue weighted by molar-refractivity contribution is 6.32. The zero-order valence-corrected chi connectivity index (χ0v) is 16.9. The average molecular weight is 398 g/mol. The average Bonchev–Trinajstić information content (AvgIpc) is 3.14. The van der Waals surface area contributed by atoms with Gasteiger partial charge in [-0.15, -0.1) is 0 Å². The van der Waals surface area contributed by atoms with E-state index in [-0.39, 0.29) is 22.5 Å². The van der Waals surface area contributed by atoms with Gasteiger partial charge in [-0.25, -0.2) is 4.79 Å². The van der Waals surface area contributed by atoms with Gasteiger partial charge in [-0.1, -0.05) is 31.4 Å². The Balaban J connectivity index is 2.06. The lowest BCUT2D eigenvalue weighted by atomic mass is 10.2. The summed E-state index contributed by atoms with van der Waals surface area (Å²) in [5, 5.41) is 3.19. The molecule has 1 fully saturated rings. The van der Waals surface area contributed by atoms with Gasteiger partial charge in [0, 0.05) is 6.04 Å². The highest BCUT2D eigenvalue weighted by Gasteiger charge is 2.24. The van der Waals surface area contributed by atoms with Gasteiger partial charge in [-0.2, -0.15) is 0 Å². The summed E-state index contributed by atoms with van der Waals surface area (Å²) in [7, 11) is 0. The summed E-state index contributed by atoms with van der Waals surface area (Å²) >= 11 is 6.27. The van der Waals surface area contributed by atoms with Crippen LogP contribution in [0.25, 0.3) is 0 Å².